The summed E-state index contributed by atoms with van der Waals surface area (Å²) in [6, 6.07) is 5.43. The van der Waals surface area contributed by atoms with Crippen LogP contribution in [0.1, 0.15) is 18.5 Å². The van der Waals surface area contributed by atoms with Crippen LogP contribution in [0, 0.1) is 11.3 Å². The average molecular weight is 266 g/mol. The van der Waals surface area contributed by atoms with E-state index in [1.807, 2.05) is 12.1 Å². The normalized spacial score (nSPS) is 17.4. The van der Waals surface area contributed by atoms with Crippen LogP contribution < -0.4 is 10.0 Å². The van der Waals surface area contributed by atoms with Gasteiger partial charge in [0.1, 0.15) is 11.8 Å². The highest BCUT2D eigenvalue weighted by atomic mass is 32.2. The van der Waals surface area contributed by atoms with Gasteiger partial charge in [0.05, 0.1) is 17.1 Å². The molecule has 96 valence electrons. The molecule has 0 bridgehead atoms. The van der Waals surface area contributed by atoms with Crippen molar-refractivity contribution in [2.45, 2.75) is 18.1 Å². The van der Waals surface area contributed by atoms with Crippen molar-refractivity contribution in [2.75, 3.05) is 18.0 Å². The van der Waals surface area contributed by atoms with Gasteiger partial charge in [-0.05, 0) is 25.0 Å². The molecule has 1 saturated heterocycles. The second kappa shape index (κ2) is 4.92. The molecule has 0 spiro atoms. The van der Waals surface area contributed by atoms with Crippen molar-refractivity contribution in [1.82, 2.24) is 4.98 Å². The van der Waals surface area contributed by atoms with Gasteiger partial charge in [-0.2, -0.15) is 5.26 Å². The summed E-state index contributed by atoms with van der Waals surface area (Å²) in [5.41, 5.74) is 1.28. The Kier molecular flexibility index (Phi) is 3.50. The lowest BCUT2D eigenvalue weighted by atomic mass is 10.1. The fourth-order valence-electron chi connectivity index (χ4n) is 2.08. The predicted octanol–water partition coefficient (Wildman–Crippen LogP) is 0.211. The number of piperidine rings is 1. The molecule has 6 nitrogen and oxygen atoms in total. The zero-order valence-electron chi connectivity index (χ0n) is 9.78. The third kappa shape index (κ3) is 2.78. The first-order valence-electron chi connectivity index (χ1n) is 5.63. The monoisotopic (exact) mass is 266 g/mol. The van der Waals surface area contributed by atoms with Gasteiger partial charge >= 0.3 is 0 Å². The Bertz CT molecular complexity index is 554. The van der Waals surface area contributed by atoms with Crippen molar-refractivity contribution in [3.8, 4) is 6.07 Å². The Hall–Kier alpha value is -1.65. The van der Waals surface area contributed by atoms with E-state index in [9.17, 15) is 8.42 Å². The smallest absolute Gasteiger partial charge is 0.212 e. The molecule has 1 aliphatic heterocycles. The van der Waals surface area contributed by atoms with Crippen LogP contribution in [0.15, 0.2) is 18.3 Å². The van der Waals surface area contributed by atoms with Gasteiger partial charge < -0.3 is 4.90 Å². The number of aromatic nitrogens is 1. The highest BCUT2D eigenvalue weighted by Gasteiger charge is 2.27. The molecule has 1 aliphatic rings. The van der Waals surface area contributed by atoms with E-state index in [1.165, 1.54) is 0 Å². The van der Waals surface area contributed by atoms with Crippen LogP contribution in [-0.2, 0) is 10.0 Å². The van der Waals surface area contributed by atoms with E-state index in [0.29, 0.717) is 31.6 Å². The first-order valence-corrected chi connectivity index (χ1v) is 7.24. The molecule has 0 amide bonds. The van der Waals surface area contributed by atoms with Gasteiger partial charge in [0.2, 0.25) is 10.0 Å². The SMILES string of the molecule is N#Cc1ccc(N2CCC(S(N)(=O)=O)CC2)cn1. The Morgan fingerprint density at radius 3 is 2.50 bits per heavy atom. The molecule has 1 aromatic heterocycles. The maximum atomic E-state index is 11.2. The van der Waals surface area contributed by atoms with E-state index in [2.05, 4.69) is 9.88 Å². The van der Waals surface area contributed by atoms with Gasteiger partial charge in [0.25, 0.3) is 0 Å². The molecule has 0 radical (unpaired) electrons. The molecule has 1 aromatic rings. The number of primary sulfonamides is 1. The molecular weight excluding hydrogens is 252 g/mol. The number of anilines is 1. The molecule has 0 unspecified atom stereocenters. The third-order valence-corrected chi connectivity index (χ3v) is 4.53. The maximum absolute atomic E-state index is 11.2. The lowest BCUT2D eigenvalue weighted by Crippen LogP contribution is -2.41. The Labute approximate surface area is 106 Å². The van der Waals surface area contributed by atoms with Gasteiger partial charge in [-0.15, -0.1) is 0 Å². The van der Waals surface area contributed by atoms with Crippen molar-refractivity contribution in [2.24, 2.45) is 5.14 Å². The largest absolute Gasteiger partial charge is 0.370 e. The van der Waals surface area contributed by atoms with E-state index >= 15 is 0 Å². The number of nitriles is 1. The number of hydrogen-bond donors (Lipinski definition) is 1. The Morgan fingerprint density at radius 1 is 1.39 bits per heavy atom. The number of rotatable bonds is 2. The van der Waals surface area contributed by atoms with E-state index in [-0.39, 0.29) is 0 Å². The van der Waals surface area contributed by atoms with Gasteiger partial charge in [0.15, 0.2) is 0 Å². The molecule has 0 saturated carbocycles. The highest BCUT2D eigenvalue weighted by molar-refractivity contribution is 7.89. The summed E-state index contributed by atoms with van der Waals surface area (Å²) in [7, 11) is -3.43. The molecule has 18 heavy (non-hydrogen) atoms. The molecule has 0 aromatic carbocycles. The summed E-state index contributed by atoms with van der Waals surface area (Å²) in [6.07, 6.45) is 2.69. The highest BCUT2D eigenvalue weighted by Crippen LogP contribution is 2.21. The minimum atomic E-state index is -3.43. The minimum absolute atomic E-state index is 0.373. The van der Waals surface area contributed by atoms with Crippen LogP contribution in [0.3, 0.4) is 0 Å². The number of hydrogen-bond acceptors (Lipinski definition) is 5. The molecule has 0 aliphatic carbocycles. The molecule has 2 N–H and O–H groups in total. The number of sulfonamides is 1. The van der Waals surface area contributed by atoms with Crippen LogP contribution in [0.25, 0.3) is 0 Å². The zero-order chi connectivity index (χ0) is 13.2. The lowest BCUT2D eigenvalue weighted by molar-refractivity contribution is 0.531. The van der Waals surface area contributed by atoms with Gasteiger partial charge in [-0.1, -0.05) is 0 Å². The van der Waals surface area contributed by atoms with Crippen LogP contribution in [0.5, 0.6) is 0 Å². The molecule has 2 rings (SSSR count). The van der Waals surface area contributed by atoms with Crippen molar-refractivity contribution in [1.29, 1.82) is 5.26 Å². The van der Waals surface area contributed by atoms with Gasteiger partial charge in [0, 0.05) is 13.1 Å². The number of nitrogens with zero attached hydrogens (tertiary/aromatic N) is 3. The van der Waals surface area contributed by atoms with E-state index in [1.54, 1.807) is 12.3 Å². The summed E-state index contributed by atoms with van der Waals surface area (Å²) in [5, 5.41) is 13.3. The second-order valence-corrected chi connectivity index (χ2v) is 6.13. The predicted molar refractivity (Wildman–Crippen MR) is 67.3 cm³/mol. The van der Waals surface area contributed by atoms with Crippen LogP contribution in [-0.4, -0.2) is 31.7 Å². The quantitative estimate of drug-likeness (QED) is 0.824. The third-order valence-electron chi connectivity index (χ3n) is 3.13. The zero-order valence-corrected chi connectivity index (χ0v) is 10.6. The van der Waals surface area contributed by atoms with E-state index in [4.69, 9.17) is 10.4 Å². The topological polar surface area (TPSA) is 100 Å². The summed E-state index contributed by atoms with van der Waals surface area (Å²) in [4.78, 5) is 6.05. The van der Waals surface area contributed by atoms with Crippen LogP contribution in [0.4, 0.5) is 5.69 Å². The molecule has 1 fully saturated rings. The van der Waals surface area contributed by atoms with E-state index < -0.39 is 15.3 Å². The minimum Gasteiger partial charge on any atom is -0.370 e. The van der Waals surface area contributed by atoms with Crippen molar-refractivity contribution >= 4 is 15.7 Å². The van der Waals surface area contributed by atoms with E-state index in [0.717, 1.165) is 5.69 Å². The molecule has 2 heterocycles. The first-order chi connectivity index (χ1) is 8.50. The van der Waals surface area contributed by atoms with Crippen LogP contribution >= 0.6 is 0 Å². The Morgan fingerprint density at radius 2 is 2.06 bits per heavy atom. The second-order valence-electron chi connectivity index (χ2n) is 4.29. The first kappa shape index (κ1) is 12.8. The molecular formula is C11H14N4O2S. The Balaban J connectivity index is 2.03. The lowest BCUT2D eigenvalue weighted by Gasteiger charge is -2.32. The average Bonchev–Trinajstić information content (AvgIpc) is 2.38. The summed E-state index contributed by atoms with van der Waals surface area (Å²) in [6.45, 7) is 1.27. The van der Waals surface area contributed by atoms with Gasteiger partial charge in [-0.25, -0.2) is 18.5 Å². The van der Waals surface area contributed by atoms with Gasteiger partial charge in [-0.3, -0.25) is 0 Å². The maximum Gasteiger partial charge on any atom is 0.212 e. The summed E-state index contributed by atoms with van der Waals surface area (Å²) >= 11 is 0. The fourth-order valence-corrected chi connectivity index (χ4v) is 2.95. The van der Waals surface area contributed by atoms with Crippen molar-refractivity contribution < 1.29 is 8.42 Å². The van der Waals surface area contributed by atoms with Crippen molar-refractivity contribution in [3.05, 3.63) is 24.0 Å². The fraction of sp³-hybridized carbons (Fsp3) is 0.455. The van der Waals surface area contributed by atoms with Crippen LogP contribution in [0.2, 0.25) is 0 Å². The number of nitrogens with two attached hydrogens (primary N) is 1. The molecule has 0 atom stereocenters. The number of pyridine rings is 1. The van der Waals surface area contributed by atoms with Crippen molar-refractivity contribution in [3.63, 3.8) is 0 Å². The molecule has 7 heteroatoms. The summed E-state index contributed by atoms with van der Waals surface area (Å²) < 4.78 is 22.4. The summed E-state index contributed by atoms with van der Waals surface area (Å²) in [5.74, 6) is 0. The standard InChI is InChI=1S/C11H14N4O2S/c12-7-9-1-2-10(8-14-9)15-5-3-11(4-6-15)18(13,16)17/h1-2,8,11H,3-6H2,(H2,13,16,17).